The minimum absolute atomic E-state index is 0.0903. The van der Waals surface area contributed by atoms with Gasteiger partial charge >= 0.3 is 0 Å². The number of amides is 1. The minimum atomic E-state index is -0.207. The number of hydrogen-bond acceptors (Lipinski definition) is 4. The molecule has 0 fully saturated rings. The average molecular weight is 388 g/mol. The molecule has 2 aromatic carbocycles. The molecule has 4 rings (SSSR count). The van der Waals surface area contributed by atoms with Crippen LogP contribution < -0.4 is 9.47 Å². The summed E-state index contributed by atoms with van der Waals surface area (Å²) in [5.74, 6) is 1.36. The zero-order valence-corrected chi connectivity index (χ0v) is 16.9. The molecule has 29 heavy (non-hydrogen) atoms. The van der Waals surface area contributed by atoms with Gasteiger partial charge in [-0.15, -0.1) is 0 Å². The highest BCUT2D eigenvalue weighted by molar-refractivity contribution is 5.94. The van der Waals surface area contributed by atoms with Gasteiger partial charge in [0.15, 0.2) is 17.6 Å². The number of hydrogen-bond donors (Lipinski definition) is 0. The number of carbonyl (C=O) groups excluding carboxylic acids is 1. The van der Waals surface area contributed by atoms with E-state index < -0.39 is 0 Å². The van der Waals surface area contributed by atoms with E-state index in [0.29, 0.717) is 24.5 Å². The van der Waals surface area contributed by atoms with Crippen LogP contribution >= 0.6 is 0 Å². The molecule has 0 radical (unpaired) electrons. The van der Waals surface area contributed by atoms with Gasteiger partial charge in [0.25, 0.3) is 5.91 Å². The Hall–Kier alpha value is -3.34. The Labute approximate surface area is 170 Å². The van der Waals surface area contributed by atoms with E-state index >= 15 is 0 Å². The van der Waals surface area contributed by atoms with E-state index in [1.165, 1.54) is 11.1 Å². The van der Waals surface area contributed by atoms with Crippen molar-refractivity contribution in [2.75, 3.05) is 20.2 Å². The van der Waals surface area contributed by atoms with Crippen molar-refractivity contribution in [2.24, 2.45) is 0 Å². The molecular formula is C24H24N2O3. The lowest BCUT2D eigenvalue weighted by Gasteiger charge is -2.29. The largest absolute Gasteiger partial charge is 0.486 e. The second-order valence-electron chi connectivity index (χ2n) is 7.36. The summed E-state index contributed by atoms with van der Waals surface area (Å²) in [6.07, 6.45) is 1.43. The predicted molar refractivity (Wildman–Crippen MR) is 112 cm³/mol. The van der Waals surface area contributed by atoms with Gasteiger partial charge in [-0.25, -0.2) is 0 Å². The summed E-state index contributed by atoms with van der Waals surface area (Å²) in [6.45, 7) is 5.02. The van der Waals surface area contributed by atoms with Crippen LogP contribution in [0.1, 0.15) is 21.5 Å². The SMILES string of the molecule is Cc1cccc(-c2ccc(C(=O)N(C)C[C@@H]3COc4ccccc4O3)cn2)c1C. The van der Waals surface area contributed by atoms with Crippen LogP contribution in [0.5, 0.6) is 11.5 Å². The van der Waals surface area contributed by atoms with Crippen molar-refractivity contribution in [3.63, 3.8) is 0 Å². The van der Waals surface area contributed by atoms with Crippen LogP contribution in [0.4, 0.5) is 0 Å². The highest BCUT2D eigenvalue weighted by Crippen LogP contribution is 2.31. The molecule has 5 heteroatoms. The molecule has 0 spiro atoms. The van der Waals surface area contributed by atoms with E-state index in [0.717, 1.165) is 17.0 Å². The van der Waals surface area contributed by atoms with Gasteiger partial charge in [-0.05, 0) is 49.2 Å². The van der Waals surface area contributed by atoms with E-state index in [4.69, 9.17) is 9.47 Å². The van der Waals surface area contributed by atoms with Crippen molar-refractivity contribution < 1.29 is 14.3 Å². The highest BCUT2D eigenvalue weighted by atomic mass is 16.6. The van der Waals surface area contributed by atoms with Crippen LogP contribution in [-0.2, 0) is 0 Å². The van der Waals surface area contributed by atoms with Crippen molar-refractivity contribution >= 4 is 5.91 Å². The maximum absolute atomic E-state index is 12.8. The quantitative estimate of drug-likeness (QED) is 0.670. The van der Waals surface area contributed by atoms with Crippen LogP contribution in [-0.4, -0.2) is 42.1 Å². The molecule has 1 amide bonds. The summed E-state index contributed by atoms with van der Waals surface area (Å²) in [7, 11) is 1.77. The van der Waals surface area contributed by atoms with Gasteiger partial charge in [0.05, 0.1) is 17.8 Å². The number of ether oxygens (including phenoxy) is 2. The molecule has 1 aromatic heterocycles. The van der Waals surface area contributed by atoms with Gasteiger partial charge in [0.2, 0.25) is 0 Å². The smallest absolute Gasteiger partial charge is 0.255 e. The maximum Gasteiger partial charge on any atom is 0.255 e. The third-order valence-electron chi connectivity index (χ3n) is 5.28. The summed E-state index contributed by atoms with van der Waals surface area (Å²) in [5, 5.41) is 0. The third-order valence-corrected chi connectivity index (χ3v) is 5.28. The van der Waals surface area contributed by atoms with Crippen LogP contribution in [0.25, 0.3) is 11.3 Å². The number of rotatable bonds is 4. The Morgan fingerprint density at radius 3 is 2.62 bits per heavy atom. The molecule has 0 N–H and O–H groups in total. The van der Waals surface area contributed by atoms with Crippen molar-refractivity contribution in [3.8, 4) is 22.8 Å². The fourth-order valence-electron chi connectivity index (χ4n) is 3.47. The number of aryl methyl sites for hydroxylation is 1. The van der Waals surface area contributed by atoms with Gasteiger partial charge in [-0.3, -0.25) is 9.78 Å². The standard InChI is InChI=1S/C24H24N2O3/c1-16-7-6-8-20(17(16)2)21-12-11-18(13-25-21)24(27)26(3)14-19-15-28-22-9-4-5-10-23(22)29-19/h4-13,19H,14-15H2,1-3H3/t19-/m1/s1. The summed E-state index contributed by atoms with van der Waals surface area (Å²) in [5.41, 5.74) is 4.93. The molecule has 1 aliphatic heterocycles. The molecule has 5 nitrogen and oxygen atoms in total. The zero-order chi connectivity index (χ0) is 20.4. The first-order valence-electron chi connectivity index (χ1n) is 9.69. The van der Waals surface area contributed by atoms with Crippen molar-refractivity contribution in [3.05, 3.63) is 77.5 Å². The summed E-state index contributed by atoms with van der Waals surface area (Å²) < 4.78 is 11.7. The fraction of sp³-hybridized carbons (Fsp3) is 0.250. The second-order valence-corrected chi connectivity index (χ2v) is 7.36. The number of carbonyl (C=O) groups is 1. The van der Waals surface area contributed by atoms with Gasteiger partial charge in [0, 0.05) is 18.8 Å². The van der Waals surface area contributed by atoms with Crippen molar-refractivity contribution in [2.45, 2.75) is 20.0 Å². The minimum Gasteiger partial charge on any atom is -0.486 e. The van der Waals surface area contributed by atoms with Crippen LogP contribution in [0.15, 0.2) is 60.8 Å². The predicted octanol–water partition coefficient (Wildman–Crippen LogP) is 4.28. The summed E-state index contributed by atoms with van der Waals surface area (Å²) >= 11 is 0. The van der Waals surface area contributed by atoms with Crippen molar-refractivity contribution in [1.29, 1.82) is 0 Å². The zero-order valence-electron chi connectivity index (χ0n) is 16.9. The number of para-hydroxylation sites is 2. The van der Waals surface area contributed by atoms with E-state index in [1.807, 2.05) is 42.5 Å². The van der Waals surface area contributed by atoms with Gasteiger partial charge in [0.1, 0.15) is 6.61 Å². The Morgan fingerprint density at radius 1 is 1.07 bits per heavy atom. The first-order chi connectivity index (χ1) is 14.0. The molecule has 0 aliphatic carbocycles. The molecule has 0 saturated carbocycles. The number of likely N-dealkylation sites (N-methyl/N-ethyl adjacent to an activating group) is 1. The Balaban J connectivity index is 1.43. The van der Waals surface area contributed by atoms with Crippen LogP contribution in [0.2, 0.25) is 0 Å². The van der Waals surface area contributed by atoms with Gasteiger partial charge in [-0.2, -0.15) is 0 Å². The topological polar surface area (TPSA) is 51.7 Å². The second kappa shape index (κ2) is 7.95. The fourth-order valence-corrected chi connectivity index (χ4v) is 3.47. The normalized spacial score (nSPS) is 15.1. The Bertz CT molecular complexity index is 1030. The lowest BCUT2D eigenvalue weighted by Crippen LogP contribution is -2.41. The first kappa shape index (κ1) is 19.0. The maximum atomic E-state index is 12.8. The van der Waals surface area contributed by atoms with Crippen molar-refractivity contribution in [1.82, 2.24) is 9.88 Å². The molecule has 1 aliphatic rings. The molecule has 2 heterocycles. The van der Waals surface area contributed by atoms with E-state index in [2.05, 4.69) is 31.0 Å². The summed E-state index contributed by atoms with van der Waals surface area (Å²) in [6, 6.07) is 17.5. The highest BCUT2D eigenvalue weighted by Gasteiger charge is 2.24. The lowest BCUT2D eigenvalue weighted by atomic mass is 10.0. The molecule has 0 unspecified atom stereocenters. The molecular weight excluding hydrogens is 364 g/mol. The van der Waals surface area contributed by atoms with E-state index in [-0.39, 0.29) is 12.0 Å². The average Bonchev–Trinajstić information content (AvgIpc) is 2.75. The first-order valence-corrected chi connectivity index (χ1v) is 9.69. The Morgan fingerprint density at radius 2 is 1.86 bits per heavy atom. The Kier molecular flexibility index (Phi) is 5.21. The number of nitrogens with zero attached hydrogens (tertiary/aromatic N) is 2. The monoisotopic (exact) mass is 388 g/mol. The molecule has 0 bridgehead atoms. The molecule has 0 saturated heterocycles. The molecule has 3 aromatic rings. The van der Waals surface area contributed by atoms with E-state index in [1.54, 1.807) is 18.1 Å². The molecule has 148 valence electrons. The number of fused-ring (bicyclic) bond motifs is 1. The molecule has 1 atom stereocenters. The van der Waals surface area contributed by atoms with Crippen LogP contribution in [0, 0.1) is 13.8 Å². The number of pyridine rings is 1. The lowest BCUT2D eigenvalue weighted by molar-refractivity contribution is 0.0520. The van der Waals surface area contributed by atoms with Crippen LogP contribution in [0.3, 0.4) is 0 Å². The van der Waals surface area contributed by atoms with E-state index in [9.17, 15) is 4.79 Å². The van der Waals surface area contributed by atoms with Gasteiger partial charge in [-0.1, -0.05) is 30.3 Å². The number of aromatic nitrogens is 1. The van der Waals surface area contributed by atoms with Gasteiger partial charge < -0.3 is 14.4 Å². The third kappa shape index (κ3) is 3.94. The summed E-state index contributed by atoms with van der Waals surface area (Å²) in [4.78, 5) is 19.0. The number of benzene rings is 2.